The minimum absolute atomic E-state index is 0.00611. The maximum absolute atomic E-state index is 12.8. The second-order valence-electron chi connectivity index (χ2n) is 5.98. The summed E-state index contributed by atoms with van der Waals surface area (Å²) in [5.74, 6) is -0.123. The summed E-state index contributed by atoms with van der Waals surface area (Å²) in [4.78, 5) is 15.6. The summed E-state index contributed by atoms with van der Waals surface area (Å²) in [7, 11) is -4.10. The van der Waals surface area contributed by atoms with Crippen molar-refractivity contribution in [2.45, 2.75) is 25.7 Å². The molecule has 26 heavy (non-hydrogen) atoms. The van der Waals surface area contributed by atoms with Crippen molar-refractivity contribution in [3.8, 4) is 5.75 Å². The molecule has 0 unspecified atom stereocenters. The Bertz CT molecular complexity index is 1110. The van der Waals surface area contributed by atoms with E-state index in [1.165, 1.54) is 13.0 Å². The van der Waals surface area contributed by atoms with E-state index in [2.05, 4.69) is 10.3 Å². The van der Waals surface area contributed by atoms with E-state index in [4.69, 9.17) is 4.18 Å². The molecular formula is C19H18N2O4S. The monoisotopic (exact) mass is 370 g/mol. The number of nitrogens with zero attached hydrogens (tertiary/aromatic N) is 1. The van der Waals surface area contributed by atoms with Crippen molar-refractivity contribution < 1.29 is 17.4 Å². The number of amides is 1. The number of hydrogen-bond acceptors (Lipinski definition) is 5. The summed E-state index contributed by atoms with van der Waals surface area (Å²) in [6.07, 6.45) is 0. The van der Waals surface area contributed by atoms with Crippen LogP contribution in [0.5, 0.6) is 5.75 Å². The fraction of sp³-hybridized carbons (Fsp3) is 0.158. The molecule has 0 fully saturated rings. The van der Waals surface area contributed by atoms with E-state index < -0.39 is 10.1 Å². The Morgan fingerprint density at radius 1 is 1.08 bits per heavy atom. The average molecular weight is 370 g/mol. The van der Waals surface area contributed by atoms with Crippen molar-refractivity contribution in [1.29, 1.82) is 0 Å². The zero-order valence-corrected chi connectivity index (χ0v) is 15.4. The topological polar surface area (TPSA) is 85.4 Å². The highest BCUT2D eigenvalue weighted by Crippen LogP contribution is 2.29. The number of fused-ring (bicyclic) bond motifs is 1. The lowest BCUT2D eigenvalue weighted by atomic mass is 10.2. The van der Waals surface area contributed by atoms with Crippen molar-refractivity contribution >= 4 is 32.6 Å². The van der Waals surface area contributed by atoms with Crippen molar-refractivity contribution in [2.24, 2.45) is 0 Å². The lowest BCUT2D eigenvalue weighted by Gasteiger charge is -2.12. The summed E-state index contributed by atoms with van der Waals surface area (Å²) >= 11 is 0. The second kappa shape index (κ2) is 6.76. The zero-order valence-electron chi connectivity index (χ0n) is 14.6. The molecule has 1 N–H and O–H groups in total. The van der Waals surface area contributed by atoms with Crippen LogP contribution in [0.3, 0.4) is 0 Å². The largest absolute Gasteiger partial charge is 0.377 e. The fourth-order valence-electron chi connectivity index (χ4n) is 2.60. The maximum atomic E-state index is 12.8. The van der Waals surface area contributed by atoms with Gasteiger partial charge in [0.25, 0.3) is 0 Å². The van der Waals surface area contributed by atoms with E-state index in [1.807, 2.05) is 25.1 Å². The summed E-state index contributed by atoms with van der Waals surface area (Å²) in [6.45, 7) is 4.85. The smallest absolute Gasteiger partial charge is 0.339 e. The van der Waals surface area contributed by atoms with Crippen LogP contribution in [-0.4, -0.2) is 19.3 Å². The first-order chi connectivity index (χ1) is 12.3. The molecule has 0 radical (unpaired) electrons. The van der Waals surface area contributed by atoms with Gasteiger partial charge in [0.1, 0.15) is 10.4 Å². The van der Waals surface area contributed by atoms with Gasteiger partial charge in [0.05, 0.1) is 0 Å². The maximum Gasteiger partial charge on any atom is 0.339 e. The van der Waals surface area contributed by atoms with Crippen LogP contribution in [0.25, 0.3) is 10.9 Å². The molecule has 0 spiro atoms. The van der Waals surface area contributed by atoms with Crippen LogP contribution in [0.1, 0.15) is 18.2 Å². The number of aromatic nitrogens is 1. The van der Waals surface area contributed by atoms with Crippen LogP contribution in [0.4, 0.5) is 5.69 Å². The molecule has 7 heteroatoms. The van der Waals surface area contributed by atoms with Gasteiger partial charge in [-0.2, -0.15) is 8.42 Å². The summed E-state index contributed by atoms with van der Waals surface area (Å²) in [5, 5.41) is 3.36. The van der Waals surface area contributed by atoms with Crippen molar-refractivity contribution in [3.05, 3.63) is 59.8 Å². The average Bonchev–Trinajstić information content (AvgIpc) is 2.56. The molecule has 3 rings (SSSR count). The molecule has 6 nitrogen and oxygen atoms in total. The highest BCUT2D eigenvalue weighted by atomic mass is 32.2. The standard InChI is InChI=1S/C19H18N2O4S/c1-12-7-10-16(21-14(3)22)11-18(12)26(23,24)25-17-6-4-5-15-9-8-13(2)20-19(15)17/h4-11H,1-3H3,(H,21,22). The van der Waals surface area contributed by atoms with E-state index in [9.17, 15) is 13.2 Å². The van der Waals surface area contributed by atoms with Crippen LogP contribution < -0.4 is 9.50 Å². The summed E-state index contributed by atoms with van der Waals surface area (Å²) in [6, 6.07) is 13.5. The molecule has 0 bridgehead atoms. The number of carbonyl (C=O) groups is 1. The third kappa shape index (κ3) is 3.67. The number of carbonyl (C=O) groups excluding carboxylic acids is 1. The van der Waals surface area contributed by atoms with Gasteiger partial charge >= 0.3 is 10.1 Å². The number of rotatable bonds is 4. The van der Waals surface area contributed by atoms with Gasteiger partial charge in [-0.15, -0.1) is 0 Å². The normalized spacial score (nSPS) is 11.3. The molecule has 0 aliphatic heterocycles. The first-order valence-electron chi connectivity index (χ1n) is 7.95. The molecule has 0 atom stereocenters. The van der Waals surface area contributed by atoms with Crippen LogP contribution in [0.15, 0.2) is 53.4 Å². The molecule has 0 aliphatic rings. The third-order valence-electron chi connectivity index (χ3n) is 3.80. The molecule has 3 aromatic rings. The Balaban J connectivity index is 2.05. The quantitative estimate of drug-likeness (QED) is 0.710. The number of hydrogen-bond donors (Lipinski definition) is 1. The Morgan fingerprint density at radius 3 is 2.58 bits per heavy atom. The first-order valence-corrected chi connectivity index (χ1v) is 9.36. The molecule has 1 heterocycles. The second-order valence-corrected chi connectivity index (χ2v) is 7.49. The molecule has 0 saturated heterocycles. The van der Waals surface area contributed by atoms with Gasteiger partial charge in [-0.3, -0.25) is 4.79 Å². The van der Waals surface area contributed by atoms with E-state index in [0.717, 1.165) is 11.1 Å². The molecular weight excluding hydrogens is 352 g/mol. The fourth-order valence-corrected chi connectivity index (χ4v) is 3.79. The molecule has 134 valence electrons. The predicted molar refractivity (Wildman–Crippen MR) is 99.8 cm³/mol. The third-order valence-corrected chi connectivity index (χ3v) is 5.18. The van der Waals surface area contributed by atoms with Gasteiger partial charge in [-0.25, -0.2) is 4.98 Å². The van der Waals surface area contributed by atoms with Gasteiger partial charge in [0, 0.05) is 23.7 Å². The van der Waals surface area contributed by atoms with E-state index >= 15 is 0 Å². The predicted octanol–water partition coefficient (Wildman–Crippen LogP) is 3.58. The highest BCUT2D eigenvalue weighted by molar-refractivity contribution is 7.87. The number of anilines is 1. The number of para-hydroxylation sites is 1. The van der Waals surface area contributed by atoms with Crippen LogP contribution in [0, 0.1) is 13.8 Å². The van der Waals surface area contributed by atoms with Gasteiger partial charge < -0.3 is 9.50 Å². The van der Waals surface area contributed by atoms with Crippen LogP contribution in [0.2, 0.25) is 0 Å². The SMILES string of the molecule is CC(=O)Nc1ccc(C)c(S(=O)(=O)Oc2cccc3ccc(C)nc23)c1. The number of aryl methyl sites for hydroxylation is 2. The lowest BCUT2D eigenvalue weighted by Crippen LogP contribution is -2.13. The Morgan fingerprint density at radius 2 is 1.85 bits per heavy atom. The lowest BCUT2D eigenvalue weighted by molar-refractivity contribution is -0.114. The number of benzene rings is 2. The Kier molecular flexibility index (Phi) is 4.65. The number of pyridine rings is 1. The van der Waals surface area contributed by atoms with Gasteiger partial charge in [-0.1, -0.05) is 24.3 Å². The van der Waals surface area contributed by atoms with E-state index in [-0.39, 0.29) is 16.6 Å². The minimum atomic E-state index is -4.10. The Hall–Kier alpha value is -2.93. The number of nitrogens with one attached hydrogen (secondary N) is 1. The van der Waals surface area contributed by atoms with E-state index in [0.29, 0.717) is 16.8 Å². The van der Waals surface area contributed by atoms with Gasteiger partial charge in [-0.05, 0) is 43.7 Å². The van der Waals surface area contributed by atoms with Gasteiger partial charge in [0.15, 0.2) is 5.75 Å². The van der Waals surface area contributed by atoms with Crippen molar-refractivity contribution in [3.63, 3.8) is 0 Å². The zero-order chi connectivity index (χ0) is 18.9. The minimum Gasteiger partial charge on any atom is -0.377 e. The molecule has 1 amide bonds. The molecule has 1 aromatic heterocycles. The van der Waals surface area contributed by atoms with E-state index in [1.54, 1.807) is 31.2 Å². The molecule has 0 aliphatic carbocycles. The highest BCUT2D eigenvalue weighted by Gasteiger charge is 2.21. The Labute approximate surface area is 152 Å². The van der Waals surface area contributed by atoms with Crippen LogP contribution in [-0.2, 0) is 14.9 Å². The van der Waals surface area contributed by atoms with Crippen molar-refractivity contribution in [1.82, 2.24) is 4.98 Å². The summed E-state index contributed by atoms with van der Waals surface area (Å²) < 4.78 is 31.0. The van der Waals surface area contributed by atoms with Gasteiger partial charge in [0.2, 0.25) is 5.91 Å². The summed E-state index contributed by atoms with van der Waals surface area (Å²) in [5.41, 5.74) is 2.14. The van der Waals surface area contributed by atoms with Crippen molar-refractivity contribution in [2.75, 3.05) is 5.32 Å². The first kappa shape index (κ1) is 17.9. The van der Waals surface area contributed by atoms with Crippen LogP contribution >= 0.6 is 0 Å². The molecule has 2 aromatic carbocycles. The molecule has 0 saturated carbocycles.